The quantitative estimate of drug-likeness (QED) is 0.823. The summed E-state index contributed by atoms with van der Waals surface area (Å²) in [4.78, 5) is 27.7. The number of aryl methyl sites for hydroxylation is 2. The van der Waals surface area contributed by atoms with Crippen molar-refractivity contribution in [2.45, 2.75) is 26.3 Å². The predicted octanol–water partition coefficient (Wildman–Crippen LogP) is 3.05. The lowest BCUT2D eigenvalue weighted by Crippen LogP contribution is -2.13. The fourth-order valence-electron chi connectivity index (χ4n) is 2.13. The fourth-order valence-corrected chi connectivity index (χ4v) is 2.29. The SMILES string of the molecule is COC(=O)c1ccc(Cl)c(NC(=O)CCCn2ccnc2C)c1. The van der Waals surface area contributed by atoms with Gasteiger partial charge in [0.25, 0.3) is 0 Å². The molecule has 122 valence electrons. The lowest BCUT2D eigenvalue weighted by atomic mass is 10.2. The first-order valence-electron chi connectivity index (χ1n) is 7.16. The molecule has 1 amide bonds. The van der Waals surface area contributed by atoms with Crippen LogP contribution in [0.4, 0.5) is 5.69 Å². The topological polar surface area (TPSA) is 73.2 Å². The molecule has 1 N–H and O–H groups in total. The Labute approximate surface area is 139 Å². The zero-order chi connectivity index (χ0) is 16.8. The number of hydrogen-bond donors (Lipinski definition) is 1. The molecule has 1 aromatic heterocycles. The number of hydrogen-bond acceptors (Lipinski definition) is 4. The molecule has 0 fully saturated rings. The van der Waals surface area contributed by atoms with Gasteiger partial charge in [0.1, 0.15) is 5.82 Å². The number of imidazole rings is 1. The van der Waals surface area contributed by atoms with Gasteiger partial charge < -0.3 is 14.6 Å². The van der Waals surface area contributed by atoms with Crippen molar-refractivity contribution in [3.05, 3.63) is 47.0 Å². The van der Waals surface area contributed by atoms with E-state index in [1.807, 2.05) is 17.7 Å². The Morgan fingerprint density at radius 3 is 2.83 bits per heavy atom. The van der Waals surface area contributed by atoms with E-state index in [-0.39, 0.29) is 5.91 Å². The van der Waals surface area contributed by atoms with Gasteiger partial charge in [0.2, 0.25) is 5.91 Å². The number of esters is 1. The van der Waals surface area contributed by atoms with E-state index in [1.54, 1.807) is 18.3 Å². The van der Waals surface area contributed by atoms with E-state index in [0.717, 1.165) is 12.4 Å². The Morgan fingerprint density at radius 1 is 1.39 bits per heavy atom. The van der Waals surface area contributed by atoms with Crippen molar-refractivity contribution in [2.75, 3.05) is 12.4 Å². The second kappa shape index (κ2) is 7.78. The van der Waals surface area contributed by atoms with Crippen LogP contribution in [-0.2, 0) is 16.1 Å². The van der Waals surface area contributed by atoms with Gasteiger partial charge in [0.05, 0.1) is 23.4 Å². The largest absolute Gasteiger partial charge is 0.465 e. The molecule has 0 unspecified atom stereocenters. The van der Waals surface area contributed by atoms with Crippen molar-refractivity contribution in [3.63, 3.8) is 0 Å². The third kappa shape index (κ3) is 4.56. The number of aromatic nitrogens is 2. The highest BCUT2D eigenvalue weighted by molar-refractivity contribution is 6.33. The van der Waals surface area contributed by atoms with Gasteiger partial charge in [-0.3, -0.25) is 4.79 Å². The summed E-state index contributed by atoms with van der Waals surface area (Å²) < 4.78 is 6.63. The van der Waals surface area contributed by atoms with Gasteiger partial charge in [0, 0.05) is 25.4 Å². The molecule has 2 aromatic rings. The third-order valence-corrected chi connectivity index (χ3v) is 3.72. The van der Waals surface area contributed by atoms with Crippen LogP contribution in [0, 0.1) is 6.92 Å². The summed E-state index contributed by atoms with van der Waals surface area (Å²) in [5, 5.41) is 3.09. The molecular weight excluding hydrogens is 318 g/mol. The van der Waals surface area contributed by atoms with E-state index >= 15 is 0 Å². The normalized spacial score (nSPS) is 10.4. The summed E-state index contributed by atoms with van der Waals surface area (Å²) in [6.07, 6.45) is 4.63. The fraction of sp³-hybridized carbons (Fsp3) is 0.312. The number of ether oxygens (including phenoxy) is 1. The number of halogens is 1. The molecule has 0 saturated heterocycles. The maximum Gasteiger partial charge on any atom is 0.337 e. The van der Waals surface area contributed by atoms with E-state index in [1.165, 1.54) is 13.2 Å². The third-order valence-electron chi connectivity index (χ3n) is 3.39. The van der Waals surface area contributed by atoms with Gasteiger partial charge in [-0.2, -0.15) is 0 Å². The number of nitrogens with one attached hydrogen (secondary N) is 1. The summed E-state index contributed by atoms with van der Waals surface area (Å²) >= 11 is 6.05. The van der Waals surface area contributed by atoms with Crippen LogP contribution in [0.1, 0.15) is 29.0 Å². The molecule has 0 aliphatic carbocycles. The molecule has 0 bridgehead atoms. The summed E-state index contributed by atoms with van der Waals surface area (Å²) in [7, 11) is 1.30. The highest BCUT2D eigenvalue weighted by Crippen LogP contribution is 2.23. The van der Waals surface area contributed by atoms with Crippen LogP contribution >= 0.6 is 11.6 Å². The number of carbonyl (C=O) groups is 2. The van der Waals surface area contributed by atoms with Gasteiger partial charge >= 0.3 is 5.97 Å². The first-order chi connectivity index (χ1) is 11.0. The lowest BCUT2D eigenvalue weighted by molar-refractivity contribution is -0.116. The molecule has 0 saturated carbocycles. The Hall–Kier alpha value is -2.34. The lowest BCUT2D eigenvalue weighted by Gasteiger charge is -2.09. The molecule has 0 aliphatic heterocycles. The summed E-state index contributed by atoms with van der Waals surface area (Å²) in [6.45, 7) is 2.63. The monoisotopic (exact) mass is 335 g/mol. The Kier molecular flexibility index (Phi) is 5.76. The second-order valence-corrected chi connectivity index (χ2v) is 5.41. The van der Waals surface area contributed by atoms with Crippen LogP contribution in [0.5, 0.6) is 0 Å². The highest BCUT2D eigenvalue weighted by atomic mass is 35.5. The molecule has 6 nitrogen and oxygen atoms in total. The van der Waals surface area contributed by atoms with Crippen LogP contribution in [0.2, 0.25) is 5.02 Å². The first-order valence-corrected chi connectivity index (χ1v) is 7.54. The van der Waals surface area contributed by atoms with Gasteiger partial charge in [-0.05, 0) is 31.5 Å². The minimum absolute atomic E-state index is 0.160. The van der Waals surface area contributed by atoms with Crippen molar-refractivity contribution in [3.8, 4) is 0 Å². The molecule has 7 heteroatoms. The molecule has 0 atom stereocenters. The number of rotatable bonds is 6. The molecule has 2 rings (SSSR count). The van der Waals surface area contributed by atoms with Crippen LogP contribution in [0.25, 0.3) is 0 Å². The molecule has 1 heterocycles. The van der Waals surface area contributed by atoms with Crippen molar-refractivity contribution >= 4 is 29.2 Å². The Bertz CT molecular complexity index is 712. The van der Waals surface area contributed by atoms with E-state index in [2.05, 4.69) is 15.0 Å². The Balaban J connectivity index is 1.92. The summed E-state index contributed by atoms with van der Waals surface area (Å²) in [5.74, 6) is 0.277. The minimum Gasteiger partial charge on any atom is -0.465 e. The standard InChI is InChI=1S/C16H18ClN3O3/c1-11-18-7-9-20(11)8-3-4-15(21)19-14-10-12(16(22)23-2)5-6-13(14)17/h5-7,9-10H,3-4,8H2,1-2H3,(H,19,21). The maximum absolute atomic E-state index is 12.0. The van der Waals surface area contributed by atoms with Gasteiger partial charge in [-0.1, -0.05) is 11.6 Å². The number of benzene rings is 1. The van der Waals surface area contributed by atoms with Gasteiger partial charge in [0.15, 0.2) is 0 Å². The van der Waals surface area contributed by atoms with E-state index in [9.17, 15) is 9.59 Å². The van der Waals surface area contributed by atoms with Crippen molar-refractivity contribution in [1.29, 1.82) is 0 Å². The van der Waals surface area contributed by atoms with Gasteiger partial charge in [-0.15, -0.1) is 0 Å². The molecule has 0 radical (unpaired) electrons. The molecule has 0 aliphatic rings. The molecule has 0 spiro atoms. The van der Waals surface area contributed by atoms with Crippen LogP contribution in [0.15, 0.2) is 30.6 Å². The van der Waals surface area contributed by atoms with Crippen molar-refractivity contribution in [1.82, 2.24) is 9.55 Å². The van der Waals surface area contributed by atoms with Crippen molar-refractivity contribution in [2.24, 2.45) is 0 Å². The van der Waals surface area contributed by atoms with Crippen molar-refractivity contribution < 1.29 is 14.3 Å². The first kappa shape index (κ1) is 17.0. The van der Waals surface area contributed by atoms with E-state index in [0.29, 0.717) is 29.1 Å². The predicted molar refractivity (Wildman–Crippen MR) is 87.6 cm³/mol. The van der Waals surface area contributed by atoms with Gasteiger partial charge in [-0.25, -0.2) is 9.78 Å². The Morgan fingerprint density at radius 2 is 2.17 bits per heavy atom. The smallest absolute Gasteiger partial charge is 0.337 e. The van der Waals surface area contributed by atoms with Crippen LogP contribution in [0.3, 0.4) is 0 Å². The number of carbonyl (C=O) groups excluding carboxylic acids is 2. The highest BCUT2D eigenvalue weighted by Gasteiger charge is 2.11. The zero-order valence-electron chi connectivity index (χ0n) is 13.0. The average molecular weight is 336 g/mol. The molecular formula is C16H18ClN3O3. The zero-order valence-corrected chi connectivity index (χ0v) is 13.8. The number of methoxy groups -OCH3 is 1. The van der Waals surface area contributed by atoms with Crippen LogP contribution < -0.4 is 5.32 Å². The average Bonchev–Trinajstić information content (AvgIpc) is 2.94. The maximum atomic E-state index is 12.0. The van der Waals surface area contributed by atoms with E-state index in [4.69, 9.17) is 11.6 Å². The molecule has 1 aromatic carbocycles. The minimum atomic E-state index is -0.479. The number of amides is 1. The second-order valence-electron chi connectivity index (χ2n) is 5.01. The van der Waals surface area contributed by atoms with Crippen LogP contribution in [-0.4, -0.2) is 28.5 Å². The summed E-state index contributed by atoms with van der Waals surface area (Å²) in [6, 6.07) is 4.61. The summed E-state index contributed by atoms with van der Waals surface area (Å²) in [5.41, 5.74) is 0.736. The van der Waals surface area contributed by atoms with E-state index < -0.39 is 5.97 Å². The molecule has 23 heavy (non-hydrogen) atoms. The number of nitrogens with zero attached hydrogens (tertiary/aromatic N) is 2. The number of anilines is 1.